The van der Waals surface area contributed by atoms with Gasteiger partial charge < -0.3 is 0 Å². The number of rotatable bonds is 4. The van der Waals surface area contributed by atoms with Crippen LogP contribution in [-0.2, 0) is 6.42 Å². The molecule has 70 valence electrons. The Morgan fingerprint density at radius 1 is 1.31 bits per heavy atom. The topological polar surface area (TPSA) is 0 Å². The maximum atomic E-state index is 3.47. The summed E-state index contributed by atoms with van der Waals surface area (Å²) < 4.78 is 0. The molecule has 0 unspecified atom stereocenters. The standard InChI is InChI=1S/C12H15Br/c13-8-2-4-10-3-1-5-12(9-10)11-6-7-11/h1,3,5,9,11H,2,4,6-8H2. The van der Waals surface area contributed by atoms with Crippen molar-refractivity contribution >= 4 is 15.9 Å². The van der Waals surface area contributed by atoms with Crippen molar-refractivity contribution in [1.82, 2.24) is 0 Å². The van der Waals surface area contributed by atoms with Gasteiger partial charge in [0.1, 0.15) is 0 Å². The molecule has 0 N–H and O–H groups in total. The summed E-state index contributed by atoms with van der Waals surface area (Å²) in [4.78, 5) is 0. The maximum absolute atomic E-state index is 3.47. The first kappa shape index (κ1) is 9.26. The fraction of sp³-hybridized carbons (Fsp3) is 0.500. The third-order valence-corrected chi connectivity index (χ3v) is 3.16. The molecule has 0 nitrogen and oxygen atoms in total. The van der Waals surface area contributed by atoms with E-state index in [2.05, 4.69) is 40.2 Å². The fourth-order valence-corrected chi connectivity index (χ4v) is 1.97. The SMILES string of the molecule is BrCCCc1cccc(C2CC2)c1. The molecule has 1 aromatic carbocycles. The van der Waals surface area contributed by atoms with Crippen molar-refractivity contribution in [2.24, 2.45) is 0 Å². The average molecular weight is 239 g/mol. The van der Waals surface area contributed by atoms with Crippen LogP contribution in [0.5, 0.6) is 0 Å². The highest BCUT2D eigenvalue weighted by Crippen LogP contribution is 2.40. The monoisotopic (exact) mass is 238 g/mol. The van der Waals surface area contributed by atoms with E-state index in [0.29, 0.717) is 0 Å². The molecule has 1 aliphatic carbocycles. The maximum Gasteiger partial charge on any atom is 0.00344 e. The minimum Gasteiger partial charge on any atom is -0.0928 e. The smallest absolute Gasteiger partial charge is 0.00344 e. The first-order chi connectivity index (χ1) is 6.40. The first-order valence-corrected chi connectivity index (χ1v) is 6.17. The average Bonchev–Trinajstić information content (AvgIpc) is 2.98. The van der Waals surface area contributed by atoms with Crippen molar-refractivity contribution in [3.63, 3.8) is 0 Å². The van der Waals surface area contributed by atoms with Gasteiger partial charge in [0, 0.05) is 5.33 Å². The summed E-state index contributed by atoms with van der Waals surface area (Å²) in [6, 6.07) is 9.11. The fourth-order valence-electron chi connectivity index (χ4n) is 1.69. The van der Waals surface area contributed by atoms with Crippen LogP contribution in [0.4, 0.5) is 0 Å². The molecule has 0 aromatic heterocycles. The predicted octanol–water partition coefficient (Wildman–Crippen LogP) is 3.89. The number of halogens is 1. The molecule has 0 radical (unpaired) electrons. The van der Waals surface area contributed by atoms with Crippen molar-refractivity contribution in [3.8, 4) is 0 Å². The van der Waals surface area contributed by atoms with Crippen LogP contribution < -0.4 is 0 Å². The van der Waals surface area contributed by atoms with E-state index in [9.17, 15) is 0 Å². The number of alkyl halides is 1. The van der Waals surface area contributed by atoms with Crippen molar-refractivity contribution in [3.05, 3.63) is 35.4 Å². The molecule has 1 fully saturated rings. The zero-order chi connectivity index (χ0) is 9.10. The lowest BCUT2D eigenvalue weighted by Crippen LogP contribution is -1.88. The molecule has 0 spiro atoms. The van der Waals surface area contributed by atoms with Gasteiger partial charge >= 0.3 is 0 Å². The second kappa shape index (κ2) is 4.28. The first-order valence-electron chi connectivity index (χ1n) is 5.05. The Labute approximate surface area is 88.5 Å². The van der Waals surface area contributed by atoms with Gasteiger partial charge in [-0.3, -0.25) is 0 Å². The highest BCUT2D eigenvalue weighted by molar-refractivity contribution is 9.09. The van der Waals surface area contributed by atoms with Gasteiger partial charge in [-0.15, -0.1) is 0 Å². The largest absolute Gasteiger partial charge is 0.0928 e. The van der Waals surface area contributed by atoms with Crippen LogP contribution in [0, 0.1) is 0 Å². The van der Waals surface area contributed by atoms with Gasteiger partial charge in [0.05, 0.1) is 0 Å². The summed E-state index contributed by atoms with van der Waals surface area (Å²) >= 11 is 3.47. The highest BCUT2D eigenvalue weighted by atomic mass is 79.9. The van der Waals surface area contributed by atoms with Crippen LogP contribution in [-0.4, -0.2) is 5.33 Å². The number of aryl methyl sites for hydroxylation is 1. The Balaban J connectivity index is 2.03. The quantitative estimate of drug-likeness (QED) is 0.699. The van der Waals surface area contributed by atoms with Crippen LogP contribution >= 0.6 is 15.9 Å². The Bertz CT molecular complexity index is 276. The molecule has 13 heavy (non-hydrogen) atoms. The van der Waals surface area contributed by atoms with Crippen molar-refractivity contribution in [2.75, 3.05) is 5.33 Å². The van der Waals surface area contributed by atoms with E-state index >= 15 is 0 Å². The van der Waals surface area contributed by atoms with Gasteiger partial charge in [-0.2, -0.15) is 0 Å². The van der Waals surface area contributed by atoms with Crippen molar-refractivity contribution < 1.29 is 0 Å². The molecule has 0 amide bonds. The van der Waals surface area contributed by atoms with Gasteiger partial charge in [0.2, 0.25) is 0 Å². The van der Waals surface area contributed by atoms with E-state index in [1.54, 1.807) is 5.56 Å². The Morgan fingerprint density at radius 3 is 2.85 bits per heavy atom. The normalized spacial score (nSPS) is 16.1. The molecule has 0 saturated heterocycles. The summed E-state index contributed by atoms with van der Waals surface area (Å²) in [6.07, 6.45) is 5.27. The van der Waals surface area contributed by atoms with E-state index < -0.39 is 0 Å². The number of hydrogen-bond donors (Lipinski definition) is 0. The van der Waals surface area contributed by atoms with Crippen LogP contribution in [0.1, 0.15) is 36.3 Å². The molecule has 1 aromatic rings. The minimum atomic E-state index is 0.893. The van der Waals surface area contributed by atoms with Crippen LogP contribution in [0.15, 0.2) is 24.3 Å². The molecular formula is C12H15Br. The second-order valence-corrected chi connectivity index (χ2v) is 4.60. The van der Waals surface area contributed by atoms with Gasteiger partial charge in [-0.25, -0.2) is 0 Å². The van der Waals surface area contributed by atoms with Gasteiger partial charge in [0.15, 0.2) is 0 Å². The number of hydrogen-bond acceptors (Lipinski definition) is 0. The van der Waals surface area contributed by atoms with Gasteiger partial charge in [-0.1, -0.05) is 40.2 Å². The summed E-state index contributed by atoms with van der Waals surface area (Å²) in [6.45, 7) is 0. The van der Waals surface area contributed by atoms with Gasteiger partial charge in [0.25, 0.3) is 0 Å². The minimum absolute atomic E-state index is 0.893. The molecule has 1 heteroatoms. The lowest BCUT2D eigenvalue weighted by Gasteiger charge is -2.02. The van der Waals surface area contributed by atoms with E-state index in [1.807, 2.05) is 0 Å². The third-order valence-electron chi connectivity index (χ3n) is 2.60. The van der Waals surface area contributed by atoms with E-state index in [-0.39, 0.29) is 0 Å². The molecule has 1 saturated carbocycles. The van der Waals surface area contributed by atoms with E-state index in [1.165, 1.54) is 31.2 Å². The molecule has 2 rings (SSSR count). The zero-order valence-electron chi connectivity index (χ0n) is 7.80. The molecule has 0 bridgehead atoms. The highest BCUT2D eigenvalue weighted by Gasteiger charge is 2.23. The lowest BCUT2D eigenvalue weighted by molar-refractivity contribution is 0.933. The van der Waals surface area contributed by atoms with E-state index in [0.717, 1.165) is 11.2 Å². The molecule has 0 heterocycles. The van der Waals surface area contributed by atoms with Crippen molar-refractivity contribution in [2.45, 2.75) is 31.6 Å². The summed E-state index contributed by atoms with van der Waals surface area (Å²) in [5, 5.41) is 1.11. The van der Waals surface area contributed by atoms with E-state index in [4.69, 9.17) is 0 Å². The molecule has 1 aliphatic rings. The molecular weight excluding hydrogens is 224 g/mol. The predicted molar refractivity (Wildman–Crippen MR) is 60.5 cm³/mol. The van der Waals surface area contributed by atoms with Crippen molar-refractivity contribution in [1.29, 1.82) is 0 Å². The lowest BCUT2D eigenvalue weighted by atomic mass is 10.0. The van der Waals surface area contributed by atoms with Crippen LogP contribution in [0.3, 0.4) is 0 Å². The van der Waals surface area contributed by atoms with Crippen LogP contribution in [0.2, 0.25) is 0 Å². The molecule has 0 aliphatic heterocycles. The third kappa shape index (κ3) is 2.57. The zero-order valence-corrected chi connectivity index (χ0v) is 9.39. The Kier molecular flexibility index (Phi) is 3.05. The summed E-state index contributed by atoms with van der Waals surface area (Å²) in [5.74, 6) is 0.893. The summed E-state index contributed by atoms with van der Waals surface area (Å²) in [7, 11) is 0. The number of benzene rings is 1. The summed E-state index contributed by atoms with van der Waals surface area (Å²) in [5.41, 5.74) is 3.07. The van der Waals surface area contributed by atoms with Gasteiger partial charge in [-0.05, 0) is 42.7 Å². The van der Waals surface area contributed by atoms with Crippen LogP contribution in [0.25, 0.3) is 0 Å². The Morgan fingerprint density at radius 2 is 2.15 bits per heavy atom. The molecule has 0 atom stereocenters. The second-order valence-electron chi connectivity index (χ2n) is 3.81. The Hall–Kier alpha value is -0.300.